The van der Waals surface area contributed by atoms with Gasteiger partial charge in [0.05, 0.1) is 0 Å². The zero-order valence-electron chi connectivity index (χ0n) is 19.4. The summed E-state index contributed by atoms with van der Waals surface area (Å²) in [6, 6.07) is 14.2. The molecule has 3 nitrogen and oxygen atoms in total. The molecule has 1 amide bonds. The molecule has 1 heterocycles. The van der Waals surface area contributed by atoms with Crippen LogP contribution in [0, 0.1) is 33.5 Å². The van der Waals surface area contributed by atoms with Crippen LogP contribution in [-0.2, 0) is 0 Å². The molecule has 0 aliphatic rings. The molecule has 0 radical (unpaired) electrons. The fourth-order valence-corrected chi connectivity index (χ4v) is 4.29. The first-order valence-electron chi connectivity index (χ1n) is 10.9. The third-order valence-corrected chi connectivity index (χ3v) is 6.32. The minimum absolute atomic E-state index is 0.266. The topological polar surface area (TPSA) is 42.2 Å². The molecule has 0 unspecified atom stereocenters. The minimum atomic E-state index is -0.367. The maximum absolute atomic E-state index is 13.3. The van der Waals surface area contributed by atoms with Crippen molar-refractivity contribution >= 4 is 22.6 Å². The molecule has 164 valence electrons. The first kappa shape index (κ1) is 21.8. The molecule has 0 saturated carbocycles. The molecular weight excluding hydrogens is 401 g/mol. The van der Waals surface area contributed by atoms with Gasteiger partial charge in [0.2, 0.25) is 0 Å². The van der Waals surface area contributed by atoms with Crippen molar-refractivity contribution in [2.24, 2.45) is 0 Å². The first-order valence-corrected chi connectivity index (χ1v) is 10.9. The number of furan rings is 1. The summed E-state index contributed by atoms with van der Waals surface area (Å²) in [5, 5.41) is 4.07. The second-order valence-electron chi connectivity index (χ2n) is 8.73. The maximum Gasteiger partial charge on any atom is 0.255 e. The quantitative estimate of drug-likeness (QED) is 0.359. The molecular formula is C28H28FNO2. The highest BCUT2D eigenvalue weighted by Gasteiger charge is 2.22. The van der Waals surface area contributed by atoms with Crippen molar-refractivity contribution < 1.29 is 13.6 Å². The van der Waals surface area contributed by atoms with Crippen LogP contribution in [0.1, 0.15) is 58.1 Å². The zero-order valence-corrected chi connectivity index (χ0v) is 19.4. The minimum Gasteiger partial charge on any atom is -0.460 e. The Kier molecular flexibility index (Phi) is 5.64. The Hall–Kier alpha value is -3.40. The summed E-state index contributed by atoms with van der Waals surface area (Å²) in [6.07, 6.45) is 0. The number of carbonyl (C=O) groups is 1. The summed E-state index contributed by atoms with van der Waals surface area (Å²) >= 11 is 0. The number of hydrogen-bond acceptors (Lipinski definition) is 2. The number of fused-ring (bicyclic) bond motifs is 1. The lowest BCUT2D eigenvalue weighted by Gasteiger charge is -2.16. The van der Waals surface area contributed by atoms with Crippen molar-refractivity contribution in [1.82, 2.24) is 0 Å². The predicted molar refractivity (Wildman–Crippen MR) is 129 cm³/mol. The second kappa shape index (κ2) is 8.27. The van der Waals surface area contributed by atoms with E-state index in [9.17, 15) is 9.18 Å². The Morgan fingerprint density at radius 2 is 1.50 bits per heavy atom. The van der Waals surface area contributed by atoms with E-state index < -0.39 is 0 Å². The fraction of sp³-hybridized carbons (Fsp3) is 0.250. The van der Waals surface area contributed by atoms with Crippen LogP contribution in [0.2, 0.25) is 0 Å². The zero-order chi connectivity index (χ0) is 23.2. The number of hydrogen-bond donors (Lipinski definition) is 1. The van der Waals surface area contributed by atoms with Gasteiger partial charge in [0.25, 0.3) is 5.91 Å². The third kappa shape index (κ3) is 3.70. The van der Waals surface area contributed by atoms with Gasteiger partial charge in [-0.15, -0.1) is 0 Å². The van der Waals surface area contributed by atoms with E-state index in [1.165, 1.54) is 29.8 Å². The molecule has 0 saturated heterocycles. The second-order valence-corrected chi connectivity index (χ2v) is 8.73. The summed E-state index contributed by atoms with van der Waals surface area (Å²) < 4.78 is 19.5. The van der Waals surface area contributed by atoms with Gasteiger partial charge in [-0.25, -0.2) is 4.39 Å². The van der Waals surface area contributed by atoms with Crippen molar-refractivity contribution in [2.45, 2.75) is 47.5 Å². The molecule has 0 bridgehead atoms. The summed E-state index contributed by atoms with van der Waals surface area (Å²) in [4.78, 5) is 12.9. The van der Waals surface area contributed by atoms with E-state index in [0.29, 0.717) is 11.5 Å². The van der Waals surface area contributed by atoms with Gasteiger partial charge in [-0.2, -0.15) is 0 Å². The van der Waals surface area contributed by atoms with Crippen molar-refractivity contribution in [3.63, 3.8) is 0 Å². The molecule has 0 atom stereocenters. The molecule has 0 aliphatic heterocycles. The number of halogens is 1. The average Bonchev–Trinajstić information content (AvgIpc) is 3.13. The predicted octanol–water partition coefficient (Wildman–Crippen LogP) is 7.85. The average molecular weight is 430 g/mol. The smallest absolute Gasteiger partial charge is 0.255 e. The Balaban J connectivity index is 1.86. The summed E-state index contributed by atoms with van der Waals surface area (Å²) in [5.74, 6) is 0.683. The molecule has 32 heavy (non-hydrogen) atoms. The molecule has 4 heteroatoms. The van der Waals surface area contributed by atoms with Gasteiger partial charge in [-0.3, -0.25) is 4.79 Å². The van der Waals surface area contributed by atoms with Crippen molar-refractivity contribution in [1.29, 1.82) is 0 Å². The highest BCUT2D eigenvalue weighted by Crippen LogP contribution is 2.42. The molecule has 0 aliphatic carbocycles. The van der Waals surface area contributed by atoms with E-state index in [1.807, 2.05) is 27.7 Å². The van der Waals surface area contributed by atoms with Gasteiger partial charge in [-0.1, -0.05) is 38.1 Å². The van der Waals surface area contributed by atoms with Crippen LogP contribution in [0.3, 0.4) is 0 Å². The summed E-state index contributed by atoms with van der Waals surface area (Å²) in [6.45, 7) is 12.3. The molecule has 1 aromatic heterocycles. The molecule has 3 aromatic carbocycles. The van der Waals surface area contributed by atoms with Crippen LogP contribution in [0.15, 0.2) is 52.9 Å². The van der Waals surface area contributed by atoms with Gasteiger partial charge in [0.1, 0.15) is 17.2 Å². The maximum atomic E-state index is 13.3. The lowest BCUT2D eigenvalue weighted by Crippen LogP contribution is -2.14. The highest BCUT2D eigenvalue weighted by atomic mass is 19.1. The normalized spacial score (nSPS) is 11.4. The molecule has 4 aromatic rings. The van der Waals surface area contributed by atoms with Crippen LogP contribution in [0.25, 0.3) is 22.1 Å². The number of carbonyl (C=O) groups excluding carboxylic acids is 1. The Morgan fingerprint density at radius 1 is 0.875 bits per heavy atom. The van der Waals surface area contributed by atoms with E-state index in [4.69, 9.17) is 4.42 Å². The Morgan fingerprint density at radius 3 is 2.09 bits per heavy atom. The molecule has 4 rings (SSSR count). The number of nitrogens with one attached hydrogen (secondary N) is 1. The largest absolute Gasteiger partial charge is 0.460 e. The van der Waals surface area contributed by atoms with Crippen molar-refractivity contribution in [3.8, 4) is 11.1 Å². The molecule has 0 spiro atoms. The Labute approximate surface area is 188 Å². The number of rotatable bonds is 4. The fourth-order valence-electron chi connectivity index (χ4n) is 4.29. The number of benzene rings is 3. The summed E-state index contributed by atoms with van der Waals surface area (Å²) in [7, 11) is 0. The van der Waals surface area contributed by atoms with E-state index in [0.717, 1.165) is 50.2 Å². The van der Waals surface area contributed by atoms with Gasteiger partial charge < -0.3 is 9.73 Å². The monoisotopic (exact) mass is 429 g/mol. The first-order chi connectivity index (χ1) is 15.2. The summed E-state index contributed by atoms with van der Waals surface area (Å²) in [5.41, 5.74) is 8.37. The van der Waals surface area contributed by atoms with Gasteiger partial charge >= 0.3 is 0 Å². The van der Waals surface area contributed by atoms with Crippen LogP contribution in [-0.4, -0.2) is 5.91 Å². The molecule has 1 N–H and O–H groups in total. The highest BCUT2D eigenvalue weighted by molar-refractivity contribution is 6.09. The van der Waals surface area contributed by atoms with E-state index in [2.05, 4.69) is 43.4 Å². The van der Waals surface area contributed by atoms with Gasteiger partial charge in [0, 0.05) is 22.2 Å². The lowest BCUT2D eigenvalue weighted by molar-refractivity contribution is 0.102. The molecule has 0 fully saturated rings. The number of aryl methyl sites for hydroxylation is 3. The standard InChI is InChI=1S/C28H28FNO2/c1-15(2)20-7-9-21(10-8-20)25-19(6)32-27-17(4)16(3)26(18(5)24(25)27)30-28(31)22-11-13-23(29)14-12-22/h7-15H,1-6H3,(H,30,31). The van der Waals surface area contributed by atoms with Crippen molar-refractivity contribution in [3.05, 3.63) is 87.9 Å². The Bertz CT molecular complexity index is 1310. The third-order valence-electron chi connectivity index (χ3n) is 6.32. The van der Waals surface area contributed by atoms with E-state index in [-0.39, 0.29) is 11.7 Å². The number of anilines is 1. The van der Waals surface area contributed by atoms with Crippen LogP contribution in [0.4, 0.5) is 10.1 Å². The van der Waals surface area contributed by atoms with Crippen LogP contribution in [0.5, 0.6) is 0 Å². The van der Waals surface area contributed by atoms with Gasteiger partial charge in [-0.05, 0) is 85.7 Å². The van der Waals surface area contributed by atoms with E-state index >= 15 is 0 Å². The SMILES string of the molecule is Cc1oc2c(C)c(C)c(NC(=O)c3ccc(F)cc3)c(C)c2c1-c1ccc(C(C)C)cc1. The number of amides is 1. The van der Waals surface area contributed by atoms with Crippen molar-refractivity contribution in [2.75, 3.05) is 5.32 Å². The van der Waals surface area contributed by atoms with Gasteiger partial charge in [0.15, 0.2) is 0 Å². The van der Waals surface area contributed by atoms with E-state index in [1.54, 1.807) is 0 Å². The lowest BCUT2D eigenvalue weighted by atomic mass is 9.92. The van der Waals surface area contributed by atoms with Crippen LogP contribution >= 0.6 is 0 Å². The van der Waals surface area contributed by atoms with Crippen LogP contribution < -0.4 is 5.32 Å².